The zero-order valence-corrected chi connectivity index (χ0v) is 15.5. The Bertz CT molecular complexity index is 539. The van der Waals surface area contributed by atoms with Crippen LogP contribution in [0.1, 0.15) is 0 Å². The van der Waals surface area contributed by atoms with Crippen LogP contribution in [0.25, 0.3) is 0 Å². The van der Waals surface area contributed by atoms with Crippen LogP contribution in [-0.2, 0) is 19.9 Å². The fraction of sp³-hybridized carbons (Fsp3) is 0.429. The SMILES string of the molecule is CS(=O)(=S)N(c1cc(Cl)sc1Cl)C(Cl)(Cl)C(Cl)Cl. The van der Waals surface area contributed by atoms with Crippen molar-refractivity contribution in [1.29, 1.82) is 0 Å². The third kappa shape index (κ3) is 3.83. The minimum absolute atomic E-state index is 0.227. The molecular formula is C7H5Cl6NOS3. The Morgan fingerprint density at radius 1 is 1.44 bits per heavy atom. The Kier molecular flexibility index (Phi) is 6.04. The third-order valence-corrected chi connectivity index (χ3v) is 6.84. The summed E-state index contributed by atoms with van der Waals surface area (Å²) in [4.78, 5) is -1.26. The molecule has 2 nitrogen and oxygen atoms in total. The molecular weight excluding hydrogens is 423 g/mol. The standard InChI is InChI=1S/C7H5Cl6NOS3/c1-18(15,16)14(7(12,13)6(10)11)3-2-4(8)17-5(3)9/h2,6H,1H3. The lowest BCUT2D eigenvalue weighted by Crippen LogP contribution is -2.47. The van der Waals surface area contributed by atoms with Gasteiger partial charge in [-0.1, -0.05) is 69.6 Å². The van der Waals surface area contributed by atoms with Crippen molar-refractivity contribution in [3.8, 4) is 0 Å². The summed E-state index contributed by atoms with van der Waals surface area (Å²) in [6, 6.07) is 1.44. The fourth-order valence-electron chi connectivity index (χ4n) is 1.12. The maximum Gasteiger partial charge on any atom is 0.232 e. The van der Waals surface area contributed by atoms with Crippen molar-refractivity contribution in [2.45, 2.75) is 9.29 Å². The number of nitrogens with zero attached hydrogens (tertiary/aromatic N) is 1. The summed E-state index contributed by atoms with van der Waals surface area (Å²) in [5.41, 5.74) is 0.227. The van der Waals surface area contributed by atoms with Gasteiger partial charge in [0.25, 0.3) is 0 Å². The van der Waals surface area contributed by atoms with E-state index in [-0.39, 0.29) is 10.0 Å². The lowest BCUT2D eigenvalue weighted by Gasteiger charge is -2.35. The molecule has 0 bridgehead atoms. The summed E-state index contributed by atoms with van der Waals surface area (Å²) < 4.78 is 11.9. The van der Waals surface area contributed by atoms with Gasteiger partial charge in [0.15, 0.2) is 4.84 Å². The van der Waals surface area contributed by atoms with E-state index in [0.29, 0.717) is 4.34 Å². The Hall–Kier alpha value is 1.61. The third-order valence-electron chi connectivity index (χ3n) is 1.72. The van der Waals surface area contributed by atoms with Crippen LogP contribution in [0.15, 0.2) is 6.07 Å². The molecule has 11 heteroatoms. The highest BCUT2D eigenvalue weighted by Crippen LogP contribution is 2.46. The summed E-state index contributed by atoms with van der Waals surface area (Å²) in [5, 5.41) is 0. The van der Waals surface area contributed by atoms with Gasteiger partial charge in [0.2, 0.25) is 4.46 Å². The van der Waals surface area contributed by atoms with Gasteiger partial charge in [0, 0.05) is 17.4 Å². The maximum atomic E-state index is 12.2. The molecule has 0 aliphatic carbocycles. The molecule has 0 aliphatic heterocycles. The molecule has 104 valence electrons. The van der Waals surface area contributed by atoms with Gasteiger partial charge in [-0.15, -0.1) is 11.3 Å². The Labute approximate surface area is 144 Å². The zero-order chi connectivity index (χ0) is 14.3. The monoisotopic (exact) mass is 425 g/mol. The minimum Gasteiger partial charge on any atom is -0.252 e. The van der Waals surface area contributed by atoms with E-state index in [0.717, 1.165) is 15.6 Å². The predicted molar refractivity (Wildman–Crippen MR) is 88.2 cm³/mol. The molecule has 1 aromatic rings. The topological polar surface area (TPSA) is 20.3 Å². The summed E-state index contributed by atoms with van der Waals surface area (Å²) >= 11 is 41.2. The highest BCUT2D eigenvalue weighted by atomic mass is 35.5. The Morgan fingerprint density at radius 3 is 2.22 bits per heavy atom. The van der Waals surface area contributed by atoms with Crippen molar-refractivity contribution in [2.75, 3.05) is 10.6 Å². The van der Waals surface area contributed by atoms with Crippen LogP contribution in [0.3, 0.4) is 0 Å². The van der Waals surface area contributed by atoms with Crippen LogP contribution in [0.2, 0.25) is 8.67 Å². The first-order valence-electron chi connectivity index (χ1n) is 4.09. The number of anilines is 1. The molecule has 0 aromatic carbocycles. The van der Waals surface area contributed by atoms with Crippen molar-refractivity contribution >= 4 is 106 Å². The molecule has 0 radical (unpaired) electrons. The van der Waals surface area contributed by atoms with Crippen LogP contribution in [-0.4, -0.2) is 19.8 Å². The molecule has 1 unspecified atom stereocenters. The number of alkyl halides is 4. The quantitative estimate of drug-likeness (QED) is 0.492. The van der Waals surface area contributed by atoms with E-state index in [4.69, 9.17) is 80.8 Å². The molecule has 1 aromatic heterocycles. The van der Waals surface area contributed by atoms with Crippen molar-refractivity contribution in [3.05, 3.63) is 14.7 Å². The van der Waals surface area contributed by atoms with Gasteiger partial charge in [0.05, 0.1) is 10.0 Å². The molecule has 0 saturated heterocycles. The number of hydrogen-bond acceptors (Lipinski definition) is 3. The van der Waals surface area contributed by atoms with Gasteiger partial charge in [-0.2, -0.15) is 0 Å². The van der Waals surface area contributed by atoms with Crippen molar-refractivity contribution < 1.29 is 4.21 Å². The first-order chi connectivity index (χ1) is 7.98. The van der Waals surface area contributed by atoms with E-state index in [2.05, 4.69) is 0 Å². The summed E-state index contributed by atoms with van der Waals surface area (Å²) in [6.07, 6.45) is 1.26. The molecule has 1 atom stereocenters. The van der Waals surface area contributed by atoms with E-state index in [9.17, 15) is 4.21 Å². The van der Waals surface area contributed by atoms with E-state index in [1.165, 1.54) is 12.3 Å². The van der Waals surface area contributed by atoms with Gasteiger partial charge in [-0.05, 0) is 6.07 Å². The number of rotatable bonds is 4. The normalized spacial score (nSPS) is 15.8. The number of thiophene rings is 1. The van der Waals surface area contributed by atoms with Gasteiger partial charge in [-0.3, -0.25) is 4.31 Å². The molecule has 1 rings (SSSR count). The first kappa shape index (κ1) is 17.7. The van der Waals surface area contributed by atoms with Crippen LogP contribution in [0.4, 0.5) is 5.69 Å². The summed E-state index contributed by atoms with van der Waals surface area (Å²) in [5.74, 6) is 0. The van der Waals surface area contributed by atoms with E-state index in [1.807, 2.05) is 0 Å². The largest absolute Gasteiger partial charge is 0.252 e. The molecule has 1 heterocycles. The molecule has 0 amide bonds. The Balaban J connectivity index is 3.46. The van der Waals surface area contributed by atoms with Gasteiger partial charge in [-0.25, -0.2) is 4.21 Å². The van der Waals surface area contributed by atoms with E-state index in [1.54, 1.807) is 0 Å². The van der Waals surface area contributed by atoms with Crippen LogP contribution in [0.5, 0.6) is 0 Å². The van der Waals surface area contributed by atoms with E-state index >= 15 is 0 Å². The lowest BCUT2D eigenvalue weighted by atomic mass is 10.5. The van der Waals surface area contributed by atoms with Gasteiger partial charge >= 0.3 is 0 Å². The lowest BCUT2D eigenvalue weighted by molar-refractivity contribution is 0.677. The van der Waals surface area contributed by atoms with Crippen molar-refractivity contribution in [2.24, 2.45) is 0 Å². The summed E-state index contributed by atoms with van der Waals surface area (Å²) in [6.45, 7) is 0. The van der Waals surface area contributed by atoms with Gasteiger partial charge in [0.1, 0.15) is 13.0 Å². The second kappa shape index (κ2) is 6.16. The zero-order valence-electron chi connectivity index (χ0n) is 8.50. The van der Waals surface area contributed by atoms with Gasteiger partial charge < -0.3 is 0 Å². The Morgan fingerprint density at radius 2 is 1.94 bits per heavy atom. The number of hydrogen-bond donors (Lipinski definition) is 0. The molecule has 0 N–H and O–H groups in total. The molecule has 0 saturated carbocycles. The average molecular weight is 428 g/mol. The predicted octanol–water partition coefficient (Wildman–Crippen LogP) is 5.09. The maximum absolute atomic E-state index is 12.2. The first-order valence-corrected chi connectivity index (χ1v) is 10.1. The number of halogens is 6. The summed E-state index contributed by atoms with van der Waals surface area (Å²) in [7, 11) is -3.03. The second-order valence-corrected chi connectivity index (χ2v) is 11.5. The van der Waals surface area contributed by atoms with E-state index < -0.39 is 18.0 Å². The van der Waals surface area contributed by atoms with Crippen LogP contribution < -0.4 is 4.31 Å². The fourth-order valence-corrected chi connectivity index (χ4v) is 5.84. The van der Waals surface area contributed by atoms with Crippen LogP contribution in [0, 0.1) is 0 Å². The van der Waals surface area contributed by atoms with Crippen molar-refractivity contribution in [1.82, 2.24) is 0 Å². The molecule has 0 fully saturated rings. The highest BCUT2D eigenvalue weighted by Gasteiger charge is 2.44. The molecule has 0 spiro atoms. The minimum atomic E-state index is -3.03. The molecule has 0 aliphatic rings. The van der Waals surface area contributed by atoms with Crippen molar-refractivity contribution in [3.63, 3.8) is 0 Å². The second-order valence-electron chi connectivity index (χ2n) is 3.13. The molecule has 18 heavy (non-hydrogen) atoms. The smallest absolute Gasteiger partial charge is 0.232 e. The van der Waals surface area contributed by atoms with Crippen LogP contribution >= 0.6 is 80.9 Å². The average Bonchev–Trinajstić information content (AvgIpc) is 2.42. The highest BCUT2D eigenvalue weighted by molar-refractivity contribution is 8.33.